The van der Waals surface area contributed by atoms with Gasteiger partial charge in [0.2, 0.25) is 10.4 Å². The zero-order chi connectivity index (χ0) is 20.2. The fourth-order valence-electron chi connectivity index (χ4n) is 3.00. The smallest absolute Gasteiger partial charge is 0.215 e. The molecule has 2 aromatic rings. The van der Waals surface area contributed by atoms with Crippen LogP contribution in [0.3, 0.4) is 0 Å². The quantitative estimate of drug-likeness (QED) is 0.342. The Hall–Kier alpha value is -1.78. The van der Waals surface area contributed by atoms with E-state index in [1.165, 1.54) is 32.4 Å². The van der Waals surface area contributed by atoms with Crippen molar-refractivity contribution in [1.82, 2.24) is 0 Å². The van der Waals surface area contributed by atoms with Crippen molar-refractivity contribution in [3.63, 3.8) is 0 Å². The first-order valence-electron chi connectivity index (χ1n) is 8.69. The Kier molecular flexibility index (Phi) is 7.12. The van der Waals surface area contributed by atoms with E-state index < -0.39 is 10.4 Å². The summed E-state index contributed by atoms with van der Waals surface area (Å²) in [6.45, 7) is 8.62. The highest BCUT2D eigenvalue weighted by molar-refractivity contribution is 7.99. The molecule has 1 aliphatic heterocycles. The largest absolute Gasteiger partial charge is 0.726 e. The molecule has 0 fully saturated rings. The van der Waals surface area contributed by atoms with E-state index in [9.17, 15) is 0 Å². The minimum Gasteiger partial charge on any atom is -0.726 e. The molecule has 148 valence electrons. The molecule has 0 amide bonds. The maximum atomic E-state index is 8.63. The summed E-state index contributed by atoms with van der Waals surface area (Å²) in [4.78, 5) is 4.96. The molecule has 7 nitrogen and oxygen atoms in total. The predicted molar refractivity (Wildman–Crippen MR) is 108 cm³/mol. The average Bonchev–Trinajstić information content (AvgIpc) is 2.60. The van der Waals surface area contributed by atoms with Gasteiger partial charge in [0.1, 0.15) is 5.69 Å². The van der Waals surface area contributed by atoms with E-state index in [1.54, 1.807) is 0 Å². The molecule has 0 aliphatic carbocycles. The molecular formula is C18H25N3O4S2. The van der Waals surface area contributed by atoms with Gasteiger partial charge in [0.05, 0.1) is 15.5 Å². The summed E-state index contributed by atoms with van der Waals surface area (Å²) >= 11 is 1.83. The lowest BCUT2D eigenvalue weighted by Crippen LogP contribution is -2.72. The highest BCUT2D eigenvalue weighted by atomic mass is 32.3. The van der Waals surface area contributed by atoms with E-state index in [0.29, 0.717) is 0 Å². The van der Waals surface area contributed by atoms with Gasteiger partial charge in [-0.05, 0) is 44.0 Å². The Balaban J connectivity index is 0.000000465. The van der Waals surface area contributed by atoms with Gasteiger partial charge < -0.3 is 15.2 Å². The maximum absolute atomic E-state index is 8.63. The van der Waals surface area contributed by atoms with Crippen LogP contribution in [0, 0.1) is 0 Å². The molecule has 3 rings (SSSR count). The molecule has 0 spiro atoms. The molecule has 0 saturated heterocycles. The van der Waals surface area contributed by atoms with Crippen LogP contribution in [0.25, 0.3) is 0 Å². The molecule has 0 saturated carbocycles. The molecule has 27 heavy (non-hydrogen) atoms. The van der Waals surface area contributed by atoms with Crippen molar-refractivity contribution in [3.05, 3.63) is 35.9 Å². The third-order valence-electron chi connectivity index (χ3n) is 4.36. The summed E-state index contributed by atoms with van der Waals surface area (Å²) in [5.41, 5.74) is 12.3. The molecule has 0 radical (unpaired) electrons. The van der Waals surface area contributed by atoms with Gasteiger partial charge in [-0.25, -0.2) is 8.42 Å². The molecule has 0 unspecified atom stereocenters. The number of fused-ring (bicyclic) bond motifs is 2. The van der Waals surface area contributed by atoms with Crippen molar-refractivity contribution < 1.29 is 22.8 Å². The van der Waals surface area contributed by atoms with Crippen LogP contribution in [-0.4, -0.2) is 30.6 Å². The SMILES string of the molecule is CCc1ccc2c(c1N)[NH2+]c1ccc(N(CC)CC)cc1S2.O=S(=O)([O-])O. The lowest BCUT2D eigenvalue weighted by Gasteiger charge is -2.24. The Morgan fingerprint density at radius 2 is 1.78 bits per heavy atom. The highest BCUT2D eigenvalue weighted by Gasteiger charge is 2.24. The first-order valence-corrected chi connectivity index (χ1v) is 10.9. The van der Waals surface area contributed by atoms with Gasteiger partial charge in [-0.3, -0.25) is 9.87 Å². The predicted octanol–water partition coefficient (Wildman–Crippen LogP) is 2.67. The third kappa shape index (κ3) is 5.60. The molecule has 5 N–H and O–H groups in total. The van der Waals surface area contributed by atoms with Crippen LogP contribution in [-0.2, 0) is 16.8 Å². The summed E-state index contributed by atoms with van der Waals surface area (Å²) in [6.07, 6.45) is 0.978. The lowest BCUT2D eigenvalue weighted by atomic mass is 10.1. The van der Waals surface area contributed by atoms with Crippen molar-refractivity contribution in [3.8, 4) is 0 Å². The standard InChI is InChI=1S/C18H23N3S.H2O4S/c1-4-12-7-10-15-18(17(12)19)20-14-9-8-13(11-16(14)22-15)21(5-2)6-3;1-5(2,3)4/h7-11,20H,4-6,19H2,1-3H3;(H2,1,2,3,4). The van der Waals surface area contributed by atoms with Crippen LogP contribution in [0.5, 0.6) is 0 Å². The first kappa shape index (κ1) is 21.5. The summed E-state index contributed by atoms with van der Waals surface area (Å²) in [5.74, 6) is 0. The second-order valence-corrected chi connectivity index (χ2v) is 7.91. The van der Waals surface area contributed by atoms with Crippen molar-refractivity contribution in [1.29, 1.82) is 0 Å². The van der Waals surface area contributed by atoms with Crippen LogP contribution < -0.4 is 16.0 Å². The van der Waals surface area contributed by atoms with Gasteiger partial charge in [-0.15, -0.1) is 0 Å². The van der Waals surface area contributed by atoms with Gasteiger partial charge >= 0.3 is 0 Å². The van der Waals surface area contributed by atoms with Crippen LogP contribution in [0.15, 0.2) is 40.1 Å². The van der Waals surface area contributed by atoms with Gasteiger partial charge in [0.25, 0.3) is 0 Å². The molecule has 0 aromatic heterocycles. The van der Waals surface area contributed by atoms with E-state index in [4.69, 9.17) is 23.3 Å². The van der Waals surface area contributed by atoms with Crippen molar-refractivity contribution in [2.45, 2.75) is 37.0 Å². The third-order valence-corrected chi connectivity index (χ3v) is 5.51. The van der Waals surface area contributed by atoms with Gasteiger partial charge in [-0.2, -0.15) is 0 Å². The van der Waals surface area contributed by atoms with Gasteiger partial charge in [-0.1, -0.05) is 24.8 Å². The first-order chi connectivity index (χ1) is 12.7. The summed E-state index contributed by atoms with van der Waals surface area (Å²) in [6, 6.07) is 11.1. The van der Waals surface area contributed by atoms with E-state index in [-0.39, 0.29) is 0 Å². The molecule has 9 heteroatoms. The fourth-order valence-corrected chi connectivity index (χ4v) is 4.07. The summed E-state index contributed by atoms with van der Waals surface area (Å²) in [7, 11) is -4.92. The van der Waals surface area contributed by atoms with Crippen LogP contribution >= 0.6 is 11.8 Å². The monoisotopic (exact) mass is 411 g/mol. The van der Waals surface area contributed by atoms with Crippen molar-refractivity contribution in [2.75, 3.05) is 23.7 Å². The number of nitrogens with two attached hydrogens (primary N) is 2. The van der Waals surface area contributed by atoms with Crippen LogP contribution in [0.1, 0.15) is 26.3 Å². The maximum Gasteiger partial charge on any atom is 0.215 e. The average molecular weight is 412 g/mol. The van der Waals surface area contributed by atoms with Gasteiger partial charge in [0.15, 0.2) is 5.69 Å². The van der Waals surface area contributed by atoms with Crippen LogP contribution in [0.4, 0.5) is 22.7 Å². The number of anilines is 2. The molecule has 1 heterocycles. The number of aryl methyl sites for hydroxylation is 1. The number of hydrogen-bond acceptors (Lipinski definition) is 6. The number of benzene rings is 2. The van der Waals surface area contributed by atoms with Gasteiger partial charge in [0, 0.05) is 24.8 Å². The molecule has 0 bridgehead atoms. The molecular weight excluding hydrogens is 386 g/mol. The summed E-state index contributed by atoms with van der Waals surface area (Å²) in [5, 5.41) is 2.24. The highest BCUT2D eigenvalue weighted by Crippen LogP contribution is 2.43. The second-order valence-electron chi connectivity index (χ2n) is 5.97. The van der Waals surface area contributed by atoms with E-state index in [2.05, 4.69) is 61.3 Å². The van der Waals surface area contributed by atoms with E-state index >= 15 is 0 Å². The summed E-state index contributed by atoms with van der Waals surface area (Å²) < 4.78 is 32.8. The molecule has 2 aromatic carbocycles. The minimum atomic E-state index is -4.92. The Morgan fingerprint density at radius 3 is 2.33 bits per heavy atom. The number of hydrogen-bond donors (Lipinski definition) is 3. The number of nitrogens with zero attached hydrogens (tertiary/aromatic N) is 1. The fraction of sp³-hybridized carbons (Fsp3) is 0.333. The number of quaternary nitrogens is 1. The zero-order valence-corrected chi connectivity index (χ0v) is 17.2. The Labute approximate surface area is 164 Å². The zero-order valence-electron chi connectivity index (χ0n) is 15.6. The van der Waals surface area contributed by atoms with Crippen molar-refractivity contribution >= 4 is 44.9 Å². The number of nitrogen functional groups attached to an aromatic ring is 1. The van der Waals surface area contributed by atoms with Crippen LogP contribution in [0.2, 0.25) is 0 Å². The lowest BCUT2D eigenvalue weighted by molar-refractivity contribution is -0.484. The minimum absolute atomic E-state index is 0.936. The number of rotatable bonds is 4. The molecule has 0 atom stereocenters. The van der Waals surface area contributed by atoms with Crippen molar-refractivity contribution in [2.24, 2.45) is 0 Å². The Bertz CT molecular complexity index is 905. The van der Waals surface area contributed by atoms with E-state index in [1.807, 2.05) is 11.8 Å². The normalized spacial score (nSPS) is 12.5. The van der Waals surface area contributed by atoms with E-state index in [0.717, 1.165) is 25.2 Å². The Morgan fingerprint density at radius 1 is 1.15 bits per heavy atom. The second kappa shape index (κ2) is 8.94. The topological polar surface area (TPSA) is 123 Å². The molecule has 1 aliphatic rings.